The van der Waals surface area contributed by atoms with Crippen LogP contribution < -0.4 is 19.7 Å². The number of ether oxygens (including phenoxy) is 2. The number of carbonyl (C=O) groups excluding carboxylic acids is 2. The number of nitro benzene ring substituents is 1. The van der Waals surface area contributed by atoms with Crippen LogP contribution in [-0.2, 0) is 0 Å². The van der Waals surface area contributed by atoms with Gasteiger partial charge in [-0.3, -0.25) is 19.7 Å². The third-order valence-corrected chi connectivity index (χ3v) is 6.39. The number of nitrogens with one attached hydrogen (secondary N) is 1. The van der Waals surface area contributed by atoms with Crippen molar-refractivity contribution in [2.75, 3.05) is 50.6 Å². The number of hydrogen-bond acceptors (Lipinski definition) is 7. The highest BCUT2D eigenvalue weighted by atomic mass is 35.5. The Morgan fingerprint density at radius 1 is 0.919 bits per heavy atom. The molecule has 0 aliphatic carbocycles. The van der Waals surface area contributed by atoms with E-state index in [4.69, 9.17) is 21.1 Å². The topological polar surface area (TPSA) is 114 Å². The van der Waals surface area contributed by atoms with Gasteiger partial charge in [-0.2, -0.15) is 0 Å². The average Bonchev–Trinajstić information content (AvgIpc) is 2.92. The van der Waals surface area contributed by atoms with Crippen molar-refractivity contribution in [3.05, 3.63) is 86.9 Å². The average molecular weight is 525 g/mol. The molecule has 11 heteroatoms. The van der Waals surface area contributed by atoms with Gasteiger partial charge in [0.05, 0.1) is 29.7 Å². The highest BCUT2D eigenvalue weighted by Gasteiger charge is 2.23. The largest absolute Gasteiger partial charge is 0.497 e. The minimum atomic E-state index is -0.581. The highest BCUT2D eigenvalue weighted by molar-refractivity contribution is 6.34. The Morgan fingerprint density at radius 3 is 2.11 bits per heavy atom. The van der Waals surface area contributed by atoms with E-state index in [2.05, 4.69) is 10.2 Å². The SMILES string of the molecule is COc1cc(OC)cc(C(=O)N2CCN(c3ccc(NC(=O)c4cc([N+](=O)[O-])ccc4Cl)cc3)CC2)c1. The lowest BCUT2D eigenvalue weighted by molar-refractivity contribution is -0.384. The van der Waals surface area contributed by atoms with Crippen molar-refractivity contribution in [3.8, 4) is 11.5 Å². The zero-order chi connectivity index (χ0) is 26.5. The number of methoxy groups -OCH3 is 2. The Bertz CT molecular complexity index is 1300. The van der Waals surface area contributed by atoms with Gasteiger partial charge in [0.2, 0.25) is 0 Å². The molecule has 0 unspecified atom stereocenters. The van der Waals surface area contributed by atoms with Crippen molar-refractivity contribution in [2.45, 2.75) is 0 Å². The number of piperazine rings is 1. The molecule has 1 N–H and O–H groups in total. The number of benzene rings is 3. The van der Waals surface area contributed by atoms with E-state index in [0.717, 1.165) is 11.8 Å². The maximum Gasteiger partial charge on any atom is 0.270 e. The van der Waals surface area contributed by atoms with Crippen molar-refractivity contribution in [2.24, 2.45) is 0 Å². The maximum absolute atomic E-state index is 13.0. The molecule has 3 aromatic carbocycles. The number of hydrogen-bond donors (Lipinski definition) is 1. The van der Waals surface area contributed by atoms with Crippen LogP contribution in [0.1, 0.15) is 20.7 Å². The maximum atomic E-state index is 13.0. The lowest BCUT2D eigenvalue weighted by Crippen LogP contribution is -2.48. The molecule has 1 saturated heterocycles. The summed E-state index contributed by atoms with van der Waals surface area (Å²) < 4.78 is 10.5. The van der Waals surface area contributed by atoms with E-state index in [9.17, 15) is 19.7 Å². The van der Waals surface area contributed by atoms with Crippen LogP contribution in [0.25, 0.3) is 0 Å². The summed E-state index contributed by atoms with van der Waals surface area (Å²) in [4.78, 5) is 40.0. The fourth-order valence-corrected chi connectivity index (χ4v) is 4.24. The van der Waals surface area contributed by atoms with E-state index < -0.39 is 10.8 Å². The first-order chi connectivity index (χ1) is 17.8. The van der Waals surface area contributed by atoms with Crippen LogP contribution >= 0.6 is 11.6 Å². The van der Waals surface area contributed by atoms with E-state index in [1.807, 2.05) is 12.1 Å². The second-order valence-corrected chi connectivity index (χ2v) is 8.71. The second-order valence-electron chi connectivity index (χ2n) is 8.30. The number of carbonyl (C=O) groups is 2. The minimum Gasteiger partial charge on any atom is -0.497 e. The number of amides is 2. The quantitative estimate of drug-likeness (QED) is 0.358. The van der Waals surface area contributed by atoms with Crippen LogP contribution in [0.3, 0.4) is 0 Å². The molecule has 0 saturated carbocycles. The molecule has 0 bridgehead atoms. The van der Waals surface area contributed by atoms with Gasteiger partial charge in [0, 0.05) is 61.3 Å². The fourth-order valence-electron chi connectivity index (χ4n) is 4.04. The van der Waals surface area contributed by atoms with Crippen LogP contribution in [0.5, 0.6) is 11.5 Å². The first-order valence-corrected chi connectivity index (χ1v) is 11.8. The summed E-state index contributed by atoms with van der Waals surface area (Å²) in [6, 6.07) is 16.1. The molecule has 1 fully saturated rings. The Labute approximate surface area is 218 Å². The minimum absolute atomic E-state index is 0.0226. The van der Waals surface area contributed by atoms with Gasteiger partial charge >= 0.3 is 0 Å². The summed E-state index contributed by atoms with van der Waals surface area (Å²) in [5, 5.41) is 13.9. The Kier molecular flexibility index (Phi) is 7.78. The van der Waals surface area contributed by atoms with E-state index >= 15 is 0 Å². The number of non-ortho nitro benzene ring substituents is 1. The van der Waals surface area contributed by atoms with Crippen molar-refractivity contribution < 1.29 is 24.0 Å². The predicted octanol–water partition coefficient (Wildman–Crippen LogP) is 4.48. The van der Waals surface area contributed by atoms with Crippen LogP contribution in [0, 0.1) is 10.1 Å². The number of anilines is 2. The molecule has 4 rings (SSSR count). The van der Waals surface area contributed by atoms with Gasteiger partial charge in [-0.25, -0.2) is 0 Å². The fraction of sp³-hybridized carbons (Fsp3) is 0.231. The molecular formula is C26H25ClN4O6. The van der Waals surface area contributed by atoms with Gasteiger partial charge < -0.3 is 24.6 Å². The molecule has 0 radical (unpaired) electrons. The summed E-state index contributed by atoms with van der Waals surface area (Å²) in [7, 11) is 3.09. The molecule has 10 nitrogen and oxygen atoms in total. The van der Waals surface area contributed by atoms with Crippen molar-refractivity contribution in [3.63, 3.8) is 0 Å². The van der Waals surface area contributed by atoms with Gasteiger partial charge in [-0.1, -0.05) is 11.6 Å². The lowest BCUT2D eigenvalue weighted by atomic mass is 10.1. The molecule has 3 aromatic rings. The molecule has 192 valence electrons. The predicted molar refractivity (Wildman–Crippen MR) is 140 cm³/mol. The molecule has 1 aliphatic heterocycles. The lowest BCUT2D eigenvalue weighted by Gasteiger charge is -2.36. The van der Waals surface area contributed by atoms with E-state index in [0.29, 0.717) is 48.9 Å². The number of nitrogens with zero attached hydrogens (tertiary/aromatic N) is 3. The van der Waals surface area contributed by atoms with Crippen LogP contribution in [0.15, 0.2) is 60.7 Å². The smallest absolute Gasteiger partial charge is 0.270 e. The summed E-state index contributed by atoms with van der Waals surface area (Å²) >= 11 is 6.06. The van der Waals surface area contributed by atoms with E-state index in [1.165, 1.54) is 12.1 Å². The molecule has 0 spiro atoms. The molecule has 0 atom stereocenters. The molecular weight excluding hydrogens is 500 g/mol. The number of halogens is 1. The van der Waals surface area contributed by atoms with Gasteiger partial charge in [0.15, 0.2) is 0 Å². The van der Waals surface area contributed by atoms with Crippen LogP contribution in [0.2, 0.25) is 5.02 Å². The summed E-state index contributed by atoms with van der Waals surface area (Å²) in [5.41, 5.74) is 1.79. The van der Waals surface area contributed by atoms with Gasteiger partial charge in [0.1, 0.15) is 11.5 Å². The molecule has 37 heavy (non-hydrogen) atoms. The standard InChI is InChI=1S/C26H25ClN4O6/c1-36-21-13-17(14-22(16-21)37-2)26(33)30-11-9-29(10-12-30)19-5-3-18(4-6-19)28-25(32)23-15-20(31(34)35)7-8-24(23)27/h3-8,13-16H,9-12H2,1-2H3,(H,28,32). The van der Waals surface area contributed by atoms with Gasteiger partial charge in [0.25, 0.3) is 17.5 Å². The van der Waals surface area contributed by atoms with Gasteiger partial charge in [-0.15, -0.1) is 0 Å². The van der Waals surface area contributed by atoms with E-state index in [-0.39, 0.29) is 22.2 Å². The Morgan fingerprint density at radius 2 is 1.54 bits per heavy atom. The molecule has 1 heterocycles. The van der Waals surface area contributed by atoms with Crippen molar-refractivity contribution in [1.29, 1.82) is 0 Å². The van der Waals surface area contributed by atoms with Crippen molar-refractivity contribution in [1.82, 2.24) is 4.90 Å². The highest BCUT2D eigenvalue weighted by Crippen LogP contribution is 2.26. The number of rotatable bonds is 7. The summed E-state index contributed by atoms with van der Waals surface area (Å²) in [6.07, 6.45) is 0. The Balaban J connectivity index is 1.37. The van der Waals surface area contributed by atoms with E-state index in [1.54, 1.807) is 49.5 Å². The van der Waals surface area contributed by atoms with Crippen molar-refractivity contribution >= 4 is 40.5 Å². The zero-order valence-electron chi connectivity index (χ0n) is 20.3. The summed E-state index contributed by atoms with van der Waals surface area (Å²) in [6.45, 7) is 2.37. The third-order valence-electron chi connectivity index (χ3n) is 6.06. The molecule has 2 amide bonds. The van der Waals surface area contributed by atoms with Crippen LogP contribution in [0.4, 0.5) is 17.1 Å². The van der Waals surface area contributed by atoms with Gasteiger partial charge in [-0.05, 0) is 42.5 Å². The molecule has 0 aromatic heterocycles. The number of nitro groups is 1. The Hall–Kier alpha value is -4.31. The summed E-state index contributed by atoms with van der Waals surface area (Å²) in [5.74, 6) is 0.486. The first kappa shape index (κ1) is 25.8. The monoisotopic (exact) mass is 524 g/mol. The first-order valence-electron chi connectivity index (χ1n) is 11.4. The third kappa shape index (κ3) is 5.92. The normalized spacial score (nSPS) is 13.2. The molecule has 1 aliphatic rings. The second kappa shape index (κ2) is 11.2. The zero-order valence-corrected chi connectivity index (χ0v) is 21.0. The van der Waals surface area contributed by atoms with Crippen LogP contribution in [-0.4, -0.2) is 62.0 Å².